The SMILES string of the molecule is CN1CC(Cc2ccc(Cl)cc2)N(C2CCN(c3n[nH]c(N)n3)CC2)CC1Cc1ccc(Cl)cc1. The second kappa shape index (κ2) is 10.7. The topological polar surface area (TPSA) is 77.3 Å². The molecule has 3 heterocycles. The van der Waals surface area contributed by atoms with Crippen LogP contribution < -0.4 is 10.6 Å². The highest BCUT2D eigenvalue weighted by atomic mass is 35.5. The highest BCUT2D eigenvalue weighted by molar-refractivity contribution is 6.30. The van der Waals surface area contributed by atoms with Crippen molar-refractivity contribution in [3.8, 4) is 0 Å². The van der Waals surface area contributed by atoms with Crippen molar-refractivity contribution in [1.82, 2.24) is 25.0 Å². The molecule has 7 nitrogen and oxygen atoms in total. The van der Waals surface area contributed by atoms with Crippen LogP contribution in [0.15, 0.2) is 48.5 Å². The summed E-state index contributed by atoms with van der Waals surface area (Å²) in [5.41, 5.74) is 8.41. The van der Waals surface area contributed by atoms with E-state index >= 15 is 0 Å². The number of hydrogen-bond donors (Lipinski definition) is 2. The number of rotatable bonds is 6. The van der Waals surface area contributed by atoms with E-state index in [1.54, 1.807) is 0 Å². The van der Waals surface area contributed by atoms with Gasteiger partial charge in [0.05, 0.1) is 0 Å². The third kappa shape index (κ3) is 5.92. The maximum atomic E-state index is 6.15. The minimum atomic E-state index is 0.370. The van der Waals surface area contributed by atoms with E-state index in [1.807, 2.05) is 24.3 Å². The molecule has 0 saturated carbocycles. The molecule has 3 N–H and O–H groups in total. The highest BCUT2D eigenvalue weighted by Crippen LogP contribution is 2.28. The van der Waals surface area contributed by atoms with Gasteiger partial charge in [0.1, 0.15) is 0 Å². The first kappa shape index (κ1) is 24.4. The average molecular weight is 515 g/mol. The summed E-state index contributed by atoms with van der Waals surface area (Å²) in [5.74, 6) is 1.08. The van der Waals surface area contributed by atoms with Crippen LogP contribution in [0.25, 0.3) is 0 Å². The number of piperazine rings is 1. The summed E-state index contributed by atoms with van der Waals surface area (Å²) >= 11 is 12.3. The van der Waals surface area contributed by atoms with Crippen LogP contribution in [-0.4, -0.2) is 76.3 Å². The van der Waals surface area contributed by atoms with Gasteiger partial charge in [-0.2, -0.15) is 4.98 Å². The fourth-order valence-electron chi connectivity index (χ4n) is 5.56. The summed E-state index contributed by atoms with van der Waals surface area (Å²) in [6.07, 6.45) is 4.21. The van der Waals surface area contributed by atoms with Gasteiger partial charge in [-0.1, -0.05) is 47.5 Å². The van der Waals surface area contributed by atoms with Gasteiger partial charge in [-0.25, -0.2) is 5.10 Å². The monoisotopic (exact) mass is 513 g/mol. The summed E-state index contributed by atoms with van der Waals surface area (Å²) in [5, 5.41) is 8.59. The molecule has 2 aromatic carbocycles. The number of likely N-dealkylation sites (N-methyl/N-ethyl adjacent to an activating group) is 1. The van der Waals surface area contributed by atoms with E-state index in [1.165, 1.54) is 11.1 Å². The van der Waals surface area contributed by atoms with E-state index in [-0.39, 0.29) is 0 Å². The second-order valence-corrected chi connectivity index (χ2v) is 10.7. The lowest BCUT2D eigenvalue weighted by atomic mass is 9.92. The molecule has 2 aliphatic heterocycles. The Bertz CT molecular complexity index is 1090. The van der Waals surface area contributed by atoms with Gasteiger partial charge in [0.15, 0.2) is 0 Å². The molecular formula is C26H33Cl2N7. The Hall–Kier alpha value is -2.32. The Morgan fingerprint density at radius 1 is 0.886 bits per heavy atom. The fourth-order valence-corrected chi connectivity index (χ4v) is 5.81. The molecule has 35 heavy (non-hydrogen) atoms. The molecule has 5 rings (SSSR count). The van der Waals surface area contributed by atoms with Crippen LogP contribution in [0.5, 0.6) is 0 Å². The summed E-state index contributed by atoms with van der Waals surface area (Å²) in [7, 11) is 2.27. The maximum absolute atomic E-state index is 6.15. The lowest BCUT2D eigenvalue weighted by Crippen LogP contribution is -2.62. The van der Waals surface area contributed by atoms with Crippen molar-refractivity contribution in [3.05, 3.63) is 69.7 Å². The van der Waals surface area contributed by atoms with Gasteiger partial charge >= 0.3 is 0 Å². The Labute approximate surface area is 217 Å². The Kier molecular flexibility index (Phi) is 7.48. The molecule has 2 saturated heterocycles. The molecule has 3 aromatic rings. The molecule has 2 aliphatic rings. The smallest absolute Gasteiger partial charge is 0.246 e. The van der Waals surface area contributed by atoms with Crippen LogP contribution in [0.1, 0.15) is 24.0 Å². The summed E-state index contributed by atoms with van der Waals surface area (Å²) < 4.78 is 0. The number of nitrogens with zero attached hydrogens (tertiary/aromatic N) is 5. The van der Waals surface area contributed by atoms with E-state index in [2.05, 4.69) is 61.2 Å². The van der Waals surface area contributed by atoms with E-state index < -0.39 is 0 Å². The van der Waals surface area contributed by atoms with Crippen LogP contribution in [-0.2, 0) is 12.8 Å². The third-order valence-corrected chi connectivity index (χ3v) is 7.99. The van der Waals surface area contributed by atoms with Crippen LogP contribution in [0.3, 0.4) is 0 Å². The van der Waals surface area contributed by atoms with E-state index in [9.17, 15) is 0 Å². The van der Waals surface area contributed by atoms with Crippen molar-refractivity contribution in [2.45, 2.75) is 43.8 Å². The number of aromatic nitrogens is 3. The van der Waals surface area contributed by atoms with Crippen LogP contribution >= 0.6 is 23.2 Å². The van der Waals surface area contributed by atoms with Gasteiger partial charge in [0.2, 0.25) is 11.9 Å². The zero-order valence-electron chi connectivity index (χ0n) is 20.1. The molecule has 0 bridgehead atoms. The van der Waals surface area contributed by atoms with Crippen molar-refractivity contribution in [2.75, 3.05) is 43.9 Å². The molecule has 0 amide bonds. The standard InChI is InChI=1S/C26H33Cl2N7/c1-33-16-24(15-19-4-8-21(28)9-5-19)35(17-23(33)14-18-2-6-20(27)7-3-18)22-10-12-34(13-11-22)26-30-25(29)31-32-26/h2-9,22-24H,10-17H2,1H3,(H3,29,30,31,32). The van der Waals surface area contributed by atoms with Crippen molar-refractivity contribution in [3.63, 3.8) is 0 Å². The summed E-state index contributed by atoms with van der Waals surface area (Å²) in [6.45, 7) is 3.96. The number of benzene rings is 2. The molecule has 2 atom stereocenters. The predicted molar refractivity (Wildman–Crippen MR) is 143 cm³/mol. The molecule has 1 aromatic heterocycles. The first-order valence-corrected chi connectivity index (χ1v) is 13.1. The first-order valence-electron chi connectivity index (χ1n) is 12.3. The zero-order valence-corrected chi connectivity index (χ0v) is 21.6. The van der Waals surface area contributed by atoms with Gasteiger partial charge in [-0.05, 0) is 68.1 Å². The average Bonchev–Trinajstić information content (AvgIpc) is 3.30. The number of nitrogens with one attached hydrogen (secondary N) is 1. The molecule has 0 radical (unpaired) electrons. The number of hydrogen-bond acceptors (Lipinski definition) is 6. The van der Waals surface area contributed by atoms with Crippen molar-refractivity contribution in [1.29, 1.82) is 0 Å². The third-order valence-electron chi connectivity index (χ3n) is 7.49. The molecule has 186 valence electrons. The molecule has 0 aliphatic carbocycles. The van der Waals surface area contributed by atoms with E-state index in [4.69, 9.17) is 28.9 Å². The Morgan fingerprint density at radius 2 is 1.46 bits per heavy atom. The number of nitrogen functional groups attached to an aromatic ring is 1. The van der Waals surface area contributed by atoms with Crippen molar-refractivity contribution in [2.24, 2.45) is 0 Å². The van der Waals surface area contributed by atoms with E-state index in [0.717, 1.165) is 61.9 Å². The molecule has 9 heteroatoms. The predicted octanol–water partition coefficient (Wildman–Crippen LogP) is 4.13. The zero-order chi connectivity index (χ0) is 24.4. The van der Waals surface area contributed by atoms with Crippen molar-refractivity contribution >= 4 is 35.1 Å². The first-order chi connectivity index (χ1) is 16.9. The van der Waals surface area contributed by atoms with Crippen LogP contribution in [0.4, 0.5) is 11.9 Å². The lowest BCUT2D eigenvalue weighted by Gasteiger charge is -2.50. The largest absolute Gasteiger partial charge is 0.368 e. The minimum Gasteiger partial charge on any atom is -0.368 e. The second-order valence-electron chi connectivity index (χ2n) is 9.84. The Morgan fingerprint density at radius 3 is 2.00 bits per heavy atom. The van der Waals surface area contributed by atoms with Gasteiger partial charge in [-0.3, -0.25) is 4.90 Å². The Balaban J connectivity index is 1.31. The molecule has 0 spiro atoms. The van der Waals surface area contributed by atoms with E-state index in [0.29, 0.717) is 30.0 Å². The molecular weight excluding hydrogens is 481 g/mol. The quantitative estimate of drug-likeness (QED) is 0.515. The minimum absolute atomic E-state index is 0.370. The number of aromatic amines is 1. The number of anilines is 2. The highest BCUT2D eigenvalue weighted by Gasteiger charge is 2.37. The lowest BCUT2D eigenvalue weighted by molar-refractivity contribution is 0.00734. The van der Waals surface area contributed by atoms with Gasteiger partial charge < -0.3 is 15.5 Å². The maximum Gasteiger partial charge on any atom is 0.246 e. The number of H-pyrrole nitrogens is 1. The molecule has 2 fully saturated rings. The van der Waals surface area contributed by atoms with Crippen LogP contribution in [0.2, 0.25) is 10.0 Å². The van der Waals surface area contributed by atoms with Gasteiger partial charge in [0, 0.05) is 54.3 Å². The summed E-state index contributed by atoms with van der Waals surface area (Å²) in [6, 6.07) is 18.1. The summed E-state index contributed by atoms with van der Waals surface area (Å²) in [4.78, 5) is 11.9. The van der Waals surface area contributed by atoms with Gasteiger partial charge in [0.25, 0.3) is 0 Å². The molecule has 2 unspecified atom stereocenters. The van der Waals surface area contributed by atoms with Crippen molar-refractivity contribution < 1.29 is 0 Å². The number of nitrogens with two attached hydrogens (primary N) is 1. The van der Waals surface area contributed by atoms with Crippen LogP contribution in [0, 0.1) is 0 Å². The van der Waals surface area contributed by atoms with Gasteiger partial charge in [-0.15, -0.1) is 5.10 Å². The number of piperidine rings is 1. The normalized spacial score (nSPS) is 22.5. The number of halogens is 2. The fraction of sp³-hybridized carbons (Fsp3) is 0.462.